The van der Waals surface area contributed by atoms with Crippen LogP contribution in [0.1, 0.15) is 26.7 Å². The summed E-state index contributed by atoms with van der Waals surface area (Å²) in [5, 5.41) is 3.37. The van der Waals surface area contributed by atoms with Gasteiger partial charge in [0.15, 0.2) is 0 Å². The van der Waals surface area contributed by atoms with Crippen LogP contribution in [0.25, 0.3) is 0 Å². The number of rotatable bonds is 1. The Hall–Kier alpha value is -0.830. The Bertz CT molecular complexity index is 278. The fraction of sp³-hybridized carbons (Fsp3) is 0.750. The largest absolute Gasteiger partial charge is 0.338 e. The molecule has 2 heterocycles. The van der Waals surface area contributed by atoms with Crippen molar-refractivity contribution in [3.63, 3.8) is 0 Å². The number of allylic oxidation sites excluding steroid dienone is 1. The maximum atomic E-state index is 11.7. The molecule has 0 aromatic heterocycles. The quantitative estimate of drug-likeness (QED) is 0.656. The van der Waals surface area contributed by atoms with E-state index in [1.54, 1.807) is 6.08 Å². The molecule has 1 spiro atoms. The molecule has 84 valence electrons. The van der Waals surface area contributed by atoms with E-state index in [4.69, 9.17) is 0 Å². The first-order valence-electron chi connectivity index (χ1n) is 5.76. The van der Waals surface area contributed by atoms with Gasteiger partial charge in [-0.3, -0.25) is 4.79 Å². The first kappa shape index (κ1) is 10.7. The van der Waals surface area contributed by atoms with Crippen LogP contribution in [0.3, 0.4) is 0 Å². The van der Waals surface area contributed by atoms with Crippen LogP contribution >= 0.6 is 0 Å². The van der Waals surface area contributed by atoms with Gasteiger partial charge in [-0.1, -0.05) is 5.57 Å². The molecule has 2 rings (SSSR count). The Morgan fingerprint density at radius 3 is 2.40 bits per heavy atom. The Balaban J connectivity index is 1.86. The number of hydrogen-bond acceptors (Lipinski definition) is 2. The number of nitrogens with one attached hydrogen (secondary N) is 1. The smallest absolute Gasteiger partial charge is 0.246 e. The van der Waals surface area contributed by atoms with Crippen LogP contribution in [-0.4, -0.2) is 37.0 Å². The number of amides is 1. The minimum absolute atomic E-state index is 0.194. The molecule has 2 fully saturated rings. The molecule has 0 unspecified atom stereocenters. The summed E-state index contributed by atoms with van der Waals surface area (Å²) in [5.41, 5.74) is 1.54. The van der Waals surface area contributed by atoms with Gasteiger partial charge in [-0.25, -0.2) is 0 Å². The fourth-order valence-electron chi connectivity index (χ4n) is 2.53. The fourth-order valence-corrected chi connectivity index (χ4v) is 2.53. The van der Waals surface area contributed by atoms with Gasteiger partial charge >= 0.3 is 0 Å². The maximum Gasteiger partial charge on any atom is 0.246 e. The van der Waals surface area contributed by atoms with E-state index < -0.39 is 0 Å². The zero-order valence-corrected chi connectivity index (χ0v) is 9.68. The highest BCUT2D eigenvalue weighted by molar-refractivity contribution is 5.88. The normalized spacial score (nSPS) is 23.5. The van der Waals surface area contributed by atoms with Crippen molar-refractivity contribution >= 4 is 5.91 Å². The molecule has 0 radical (unpaired) electrons. The summed E-state index contributed by atoms with van der Waals surface area (Å²) in [5.74, 6) is 0.194. The summed E-state index contributed by atoms with van der Waals surface area (Å²) in [4.78, 5) is 13.7. The minimum atomic E-state index is 0.194. The molecule has 2 aliphatic rings. The van der Waals surface area contributed by atoms with E-state index in [-0.39, 0.29) is 5.91 Å². The van der Waals surface area contributed by atoms with Crippen molar-refractivity contribution in [1.29, 1.82) is 0 Å². The molecule has 15 heavy (non-hydrogen) atoms. The second-order valence-corrected chi connectivity index (χ2v) is 5.17. The highest BCUT2D eigenvalue weighted by Gasteiger charge is 2.44. The summed E-state index contributed by atoms with van der Waals surface area (Å²) in [7, 11) is 0. The second kappa shape index (κ2) is 3.97. The average Bonchev–Trinajstić information content (AvgIpc) is 2.14. The third kappa shape index (κ3) is 2.23. The zero-order valence-electron chi connectivity index (χ0n) is 9.68. The Labute approximate surface area is 91.5 Å². The van der Waals surface area contributed by atoms with Gasteiger partial charge in [-0.05, 0) is 39.8 Å². The predicted octanol–water partition coefficient (Wildman–Crippen LogP) is 1.16. The van der Waals surface area contributed by atoms with E-state index >= 15 is 0 Å². The van der Waals surface area contributed by atoms with Crippen molar-refractivity contribution in [2.24, 2.45) is 5.41 Å². The summed E-state index contributed by atoms with van der Waals surface area (Å²) in [6, 6.07) is 0. The van der Waals surface area contributed by atoms with E-state index in [1.807, 2.05) is 18.7 Å². The highest BCUT2D eigenvalue weighted by Crippen LogP contribution is 2.38. The lowest BCUT2D eigenvalue weighted by Crippen LogP contribution is -2.61. The van der Waals surface area contributed by atoms with E-state index in [0.29, 0.717) is 5.41 Å². The van der Waals surface area contributed by atoms with Gasteiger partial charge in [0.05, 0.1) is 0 Å². The van der Waals surface area contributed by atoms with Gasteiger partial charge in [0, 0.05) is 24.6 Å². The van der Waals surface area contributed by atoms with Gasteiger partial charge in [0.25, 0.3) is 0 Å². The second-order valence-electron chi connectivity index (χ2n) is 5.17. The van der Waals surface area contributed by atoms with Gasteiger partial charge in [-0.15, -0.1) is 0 Å². The first-order valence-corrected chi connectivity index (χ1v) is 5.76. The van der Waals surface area contributed by atoms with E-state index in [1.165, 1.54) is 12.8 Å². The highest BCUT2D eigenvalue weighted by atomic mass is 16.2. The topological polar surface area (TPSA) is 32.3 Å². The van der Waals surface area contributed by atoms with Crippen LogP contribution in [0.5, 0.6) is 0 Å². The van der Waals surface area contributed by atoms with E-state index in [0.717, 1.165) is 31.8 Å². The maximum absolute atomic E-state index is 11.7. The molecule has 0 bridgehead atoms. The lowest BCUT2D eigenvalue weighted by Gasteiger charge is -2.52. The molecule has 0 atom stereocenters. The molecule has 0 aromatic carbocycles. The Kier molecular flexibility index (Phi) is 2.83. The van der Waals surface area contributed by atoms with Gasteiger partial charge < -0.3 is 10.2 Å². The monoisotopic (exact) mass is 208 g/mol. The van der Waals surface area contributed by atoms with Crippen molar-refractivity contribution < 1.29 is 4.79 Å². The van der Waals surface area contributed by atoms with Crippen molar-refractivity contribution in [3.8, 4) is 0 Å². The van der Waals surface area contributed by atoms with Crippen LogP contribution in [-0.2, 0) is 4.79 Å². The van der Waals surface area contributed by atoms with Crippen LogP contribution in [0.2, 0.25) is 0 Å². The molecule has 2 saturated heterocycles. The number of carbonyl (C=O) groups excluding carboxylic acids is 1. The summed E-state index contributed by atoms with van der Waals surface area (Å²) >= 11 is 0. The number of nitrogens with zero attached hydrogens (tertiary/aromatic N) is 1. The standard InChI is InChI=1S/C12H20N2O/c1-10(2)7-11(15)14-8-12(9-14)3-5-13-6-4-12/h7,13H,3-6,8-9H2,1-2H3. The SMILES string of the molecule is CC(C)=CC(=O)N1CC2(CCNCC2)C1. The molecular weight excluding hydrogens is 188 g/mol. The molecule has 0 saturated carbocycles. The Morgan fingerprint density at radius 2 is 1.87 bits per heavy atom. The number of likely N-dealkylation sites (tertiary alicyclic amines) is 1. The number of piperidine rings is 1. The van der Waals surface area contributed by atoms with Crippen molar-refractivity contribution in [3.05, 3.63) is 11.6 Å². The molecule has 1 N–H and O–H groups in total. The predicted molar refractivity (Wildman–Crippen MR) is 60.5 cm³/mol. The molecule has 1 amide bonds. The first-order chi connectivity index (χ1) is 7.11. The number of hydrogen-bond donors (Lipinski definition) is 1. The lowest BCUT2D eigenvalue weighted by molar-refractivity contribution is -0.139. The van der Waals surface area contributed by atoms with Crippen molar-refractivity contribution in [2.45, 2.75) is 26.7 Å². The minimum Gasteiger partial charge on any atom is -0.338 e. The molecule has 2 aliphatic heterocycles. The molecule has 3 nitrogen and oxygen atoms in total. The van der Waals surface area contributed by atoms with E-state index in [2.05, 4.69) is 5.32 Å². The van der Waals surface area contributed by atoms with Gasteiger partial charge in [-0.2, -0.15) is 0 Å². The lowest BCUT2D eigenvalue weighted by atomic mass is 9.72. The molecule has 3 heteroatoms. The average molecular weight is 208 g/mol. The molecule has 0 aromatic rings. The van der Waals surface area contributed by atoms with Gasteiger partial charge in [0.1, 0.15) is 0 Å². The third-order valence-corrected chi connectivity index (χ3v) is 3.44. The summed E-state index contributed by atoms with van der Waals surface area (Å²) in [6.45, 7) is 8.11. The Morgan fingerprint density at radius 1 is 1.27 bits per heavy atom. The van der Waals surface area contributed by atoms with Crippen LogP contribution in [0.4, 0.5) is 0 Å². The van der Waals surface area contributed by atoms with Crippen LogP contribution < -0.4 is 5.32 Å². The summed E-state index contributed by atoms with van der Waals surface area (Å²) < 4.78 is 0. The number of carbonyl (C=O) groups is 1. The van der Waals surface area contributed by atoms with Crippen LogP contribution in [0.15, 0.2) is 11.6 Å². The third-order valence-electron chi connectivity index (χ3n) is 3.44. The van der Waals surface area contributed by atoms with E-state index in [9.17, 15) is 4.79 Å². The molecule has 0 aliphatic carbocycles. The van der Waals surface area contributed by atoms with Gasteiger partial charge in [0.2, 0.25) is 5.91 Å². The zero-order chi connectivity index (χ0) is 10.9. The van der Waals surface area contributed by atoms with Crippen molar-refractivity contribution in [2.75, 3.05) is 26.2 Å². The summed E-state index contributed by atoms with van der Waals surface area (Å²) in [6.07, 6.45) is 4.20. The van der Waals surface area contributed by atoms with Crippen molar-refractivity contribution in [1.82, 2.24) is 10.2 Å². The molecular formula is C12H20N2O. The van der Waals surface area contributed by atoms with Crippen LogP contribution in [0, 0.1) is 5.41 Å².